The Kier molecular flexibility index (Phi) is 4.20. The molecule has 1 saturated heterocycles. The third-order valence-electron chi connectivity index (χ3n) is 3.40. The molecule has 18 heavy (non-hydrogen) atoms. The molecule has 1 heterocycles. The fraction of sp³-hybridized carbons (Fsp3) is 0.500. The van der Waals surface area contributed by atoms with E-state index in [1.807, 2.05) is 0 Å². The van der Waals surface area contributed by atoms with Gasteiger partial charge in [0.05, 0.1) is 7.11 Å². The zero-order chi connectivity index (χ0) is 13.0. The van der Waals surface area contributed by atoms with E-state index in [4.69, 9.17) is 10.5 Å². The highest BCUT2D eigenvalue weighted by atomic mass is 16.5. The number of anilines is 1. The number of nitrogens with one attached hydrogen (secondary N) is 1. The highest BCUT2D eigenvalue weighted by molar-refractivity contribution is 6.01. The van der Waals surface area contributed by atoms with E-state index in [1.54, 1.807) is 25.3 Å². The smallest absolute Gasteiger partial charge is 0.166 e. The Labute approximate surface area is 108 Å². The lowest BCUT2D eigenvalue weighted by Gasteiger charge is -2.22. The standard InChI is InChI=1S/C14H20N2O2/c1-18-11-5-6-12(13(15)9-11)14(17)8-10-4-2-3-7-16-10/h5-6,9-10,16H,2-4,7-8,15H2,1H3. The molecule has 4 heteroatoms. The minimum Gasteiger partial charge on any atom is -0.497 e. The summed E-state index contributed by atoms with van der Waals surface area (Å²) in [5.41, 5.74) is 6.98. The molecule has 1 fully saturated rings. The lowest BCUT2D eigenvalue weighted by molar-refractivity contribution is 0.0964. The predicted octanol–water partition coefficient (Wildman–Crippen LogP) is 1.99. The SMILES string of the molecule is COc1ccc(C(=O)CC2CCCCN2)c(N)c1. The molecule has 1 aromatic rings. The first kappa shape index (κ1) is 12.9. The molecule has 0 aromatic heterocycles. The molecule has 0 radical (unpaired) electrons. The molecule has 1 aromatic carbocycles. The van der Waals surface area contributed by atoms with Gasteiger partial charge in [0.2, 0.25) is 0 Å². The van der Waals surface area contributed by atoms with E-state index in [1.165, 1.54) is 12.8 Å². The molecule has 98 valence electrons. The van der Waals surface area contributed by atoms with Crippen molar-refractivity contribution in [3.8, 4) is 5.75 Å². The molecule has 0 amide bonds. The summed E-state index contributed by atoms with van der Waals surface area (Å²) in [5, 5.41) is 3.38. The van der Waals surface area contributed by atoms with Crippen LogP contribution in [0.5, 0.6) is 5.75 Å². The van der Waals surface area contributed by atoms with Gasteiger partial charge in [-0.05, 0) is 31.5 Å². The highest BCUT2D eigenvalue weighted by Gasteiger charge is 2.18. The van der Waals surface area contributed by atoms with Crippen molar-refractivity contribution in [1.82, 2.24) is 5.32 Å². The third-order valence-corrected chi connectivity index (χ3v) is 3.40. The van der Waals surface area contributed by atoms with Crippen LogP contribution in [-0.4, -0.2) is 25.5 Å². The number of nitrogen functional groups attached to an aromatic ring is 1. The molecule has 2 rings (SSSR count). The Bertz CT molecular complexity index is 426. The molecule has 0 spiro atoms. The van der Waals surface area contributed by atoms with Crippen LogP contribution in [0.3, 0.4) is 0 Å². The van der Waals surface area contributed by atoms with Crippen molar-refractivity contribution in [2.24, 2.45) is 0 Å². The van der Waals surface area contributed by atoms with E-state index in [2.05, 4.69) is 5.32 Å². The van der Waals surface area contributed by atoms with Crippen LogP contribution in [0.1, 0.15) is 36.0 Å². The fourth-order valence-corrected chi connectivity index (χ4v) is 2.35. The second-order valence-corrected chi connectivity index (χ2v) is 4.73. The number of ether oxygens (including phenoxy) is 1. The zero-order valence-electron chi connectivity index (χ0n) is 10.7. The van der Waals surface area contributed by atoms with Gasteiger partial charge in [-0.2, -0.15) is 0 Å². The fourth-order valence-electron chi connectivity index (χ4n) is 2.35. The molecule has 1 atom stereocenters. The summed E-state index contributed by atoms with van der Waals surface area (Å²) >= 11 is 0. The van der Waals surface area contributed by atoms with Crippen LogP contribution in [0.25, 0.3) is 0 Å². The number of carbonyl (C=O) groups is 1. The number of benzene rings is 1. The Morgan fingerprint density at radius 1 is 1.50 bits per heavy atom. The Hall–Kier alpha value is -1.55. The molecule has 1 aliphatic heterocycles. The monoisotopic (exact) mass is 248 g/mol. The quantitative estimate of drug-likeness (QED) is 0.632. The second kappa shape index (κ2) is 5.87. The lowest BCUT2D eigenvalue weighted by Crippen LogP contribution is -2.35. The summed E-state index contributed by atoms with van der Waals surface area (Å²) in [5.74, 6) is 0.786. The van der Waals surface area contributed by atoms with Gasteiger partial charge in [0.15, 0.2) is 5.78 Å². The van der Waals surface area contributed by atoms with Crippen molar-refractivity contribution >= 4 is 11.5 Å². The molecule has 3 N–H and O–H groups in total. The second-order valence-electron chi connectivity index (χ2n) is 4.73. The predicted molar refractivity (Wildman–Crippen MR) is 72.0 cm³/mol. The van der Waals surface area contributed by atoms with Gasteiger partial charge in [0.1, 0.15) is 5.75 Å². The molecule has 1 unspecified atom stereocenters. The Morgan fingerprint density at radius 3 is 2.94 bits per heavy atom. The number of ketones is 1. The highest BCUT2D eigenvalue weighted by Crippen LogP contribution is 2.22. The number of rotatable bonds is 4. The van der Waals surface area contributed by atoms with Crippen LogP contribution < -0.4 is 15.8 Å². The van der Waals surface area contributed by atoms with Crippen LogP contribution in [0.15, 0.2) is 18.2 Å². The first-order chi connectivity index (χ1) is 8.70. The third kappa shape index (κ3) is 3.01. The van der Waals surface area contributed by atoms with E-state index in [9.17, 15) is 4.79 Å². The van der Waals surface area contributed by atoms with Crippen molar-refractivity contribution in [2.75, 3.05) is 19.4 Å². The number of hydrogen-bond acceptors (Lipinski definition) is 4. The number of methoxy groups -OCH3 is 1. The number of hydrogen-bond donors (Lipinski definition) is 2. The van der Waals surface area contributed by atoms with Gasteiger partial charge in [-0.15, -0.1) is 0 Å². The lowest BCUT2D eigenvalue weighted by atomic mass is 9.96. The van der Waals surface area contributed by atoms with Crippen molar-refractivity contribution in [2.45, 2.75) is 31.7 Å². The first-order valence-corrected chi connectivity index (χ1v) is 6.41. The minimum atomic E-state index is 0.106. The number of Topliss-reactive ketones (excluding diaryl/α,β-unsaturated/α-hetero) is 1. The average molecular weight is 248 g/mol. The maximum absolute atomic E-state index is 12.2. The zero-order valence-corrected chi connectivity index (χ0v) is 10.7. The van der Waals surface area contributed by atoms with Gasteiger partial charge in [0, 0.05) is 29.8 Å². The van der Waals surface area contributed by atoms with Crippen molar-refractivity contribution < 1.29 is 9.53 Å². The summed E-state index contributed by atoms with van der Waals surface area (Å²) < 4.78 is 5.08. The van der Waals surface area contributed by atoms with Gasteiger partial charge in [0.25, 0.3) is 0 Å². The van der Waals surface area contributed by atoms with Crippen LogP contribution in [0.2, 0.25) is 0 Å². The summed E-state index contributed by atoms with van der Waals surface area (Å²) in [6.07, 6.45) is 4.00. The van der Waals surface area contributed by atoms with Gasteiger partial charge >= 0.3 is 0 Å². The average Bonchev–Trinajstić information content (AvgIpc) is 2.39. The molecule has 1 aliphatic rings. The number of carbonyl (C=O) groups excluding carboxylic acids is 1. The summed E-state index contributed by atoms with van der Waals surface area (Å²) in [6, 6.07) is 5.52. The molecule has 0 aliphatic carbocycles. The van der Waals surface area contributed by atoms with Crippen LogP contribution >= 0.6 is 0 Å². The summed E-state index contributed by atoms with van der Waals surface area (Å²) in [4.78, 5) is 12.2. The normalized spacial score (nSPS) is 19.5. The van der Waals surface area contributed by atoms with Gasteiger partial charge in [-0.3, -0.25) is 4.79 Å². The largest absolute Gasteiger partial charge is 0.497 e. The van der Waals surface area contributed by atoms with Crippen molar-refractivity contribution in [1.29, 1.82) is 0 Å². The van der Waals surface area contributed by atoms with Crippen molar-refractivity contribution in [3.05, 3.63) is 23.8 Å². The molecule has 4 nitrogen and oxygen atoms in total. The Balaban J connectivity index is 2.03. The molecule has 0 bridgehead atoms. The van der Waals surface area contributed by atoms with Crippen LogP contribution in [0, 0.1) is 0 Å². The van der Waals surface area contributed by atoms with E-state index in [-0.39, 0.29) is 5.78 Å². The van der Waals surface area contributed by atoms with E-state index in [0.717, 1.165) is 13.0 Å². The number of nitrogens with two attached hydrogens (primary N) is 1. The van der Waals surface area contributed by atoms with Gasteiger partial charge in [-0.1, -0.05) is 6.42 Å². The summed E-state index contributed by atoms with van der Waals surface area (Å²) in [7, 11) is 1.59. The number of piperidine rings is 1. The molecular weight excluding hydrogens is 228 g/mol. The van der Waals surface area contributed by atoms with E-state index in [0.29, 0.717) is 29.5 Å². The topological polar surface area (TPSA) is 64.3 Å². The van der Waals surface area contributed by atoms with Crippen LogP contribution in [0.4, 0.5) is 5.69 Å². The Morgan fingerprint density at radius 2 is 2.33 bits per heavy atom. The molecule has 0 saturated carbocycles. The van der Waals surface area contributed by atoms with E-state index >= 15 is 0 Å². The van der Waals surface area contributed by atoms with Crippen LogP contribution in [-0.2, 0) is 0 Å². The van der Waals surface area contributed by atoms with Gasteiger partial charge < -0.3 is 15.8 Å². The molecular formula is C14H20N2O2. The minimum absolute atomic E-state index is 0.106. The first-order valence-electron chi connectivity index (χ1n) is 6.41. The van der Waals surface area contributed by atoms with Gasteiger partial charge in [-0.25, -0.2) is 0 Å². The van der Waals surface area contributed by atoms with Crippen molar-refractivity contribution in [3.63, 3.8) is 0 Å². The summed E-state index contributed by atoms with van der Waals surface area (Å²) in [6.45, 7) is 1.01. The maximum atomic E-state index is 12.2. The maximum Gasteiger partial charge on any atom is 0.166 e. The van der Waals surface area contributed by atoms with E-state index < -0.39 is 0 Å².